The average Bonchev–Trinajstić information content (AvgIpc) is 2.40. The quantitative estimate of drug-likeness (QED) is 0.710. The van der Waals surface area contributed by atoms with Gasteiger partial charge in [0.2, 0.25) is 0 Å². The molecule has 3 nitrogen and oxygen atoms in total. The molecule has 0 saturated carbocycles. The van der Waals surface area contributed by atoms with Crippen LogP contribution in [0.3, 0.4) is 0 Å². The van der Waals surface area contributed by atoms with Gasteiger partial charge in [0, 0.05) is 11.7 Å². The summed E-state index contributed by atoms with van der Waals surface area (Å²) in [4.78, 5) is 0. The maximum Gasteiger partial charge on any atom is 0.0938 e. The minimum Gasteiger partial charge on any atom is -0.399 e. The Kier molecular flexibility index (Phi) is 5.91. The Labute approximate surface area is 108 Å². The van der Waals surface area contributed by atoms with Crippen LogP contribution in [0.1, 0.15) is 18.6 Å². The molecule has 2 atom stereocenters. The molecular weight excluding hydrogens is 224 g/mol. The number of nitrogens with two attached hydrogens (primary N) is 2. The molecule has 2 aromatic carbocycles. The highest BCUT2D eigenvalue weighted by molar-refractivity contribution is 5.35. The van der Waals surface area contributed by atoms with Crippen LogP contribution in [0, 0.1) is 0 Å². The van der Waals surface area contributed by atoms with Crippen molar-refractivity contribution in [2.75, 3.05) is 5.73 Å². The Hall–Kier alpha value is -1.84. The van der Waals surface area contributed by atoms with E-state index in [9.17, 15) is 5.11 Å². The monoisotopic (exact) mass is 244 g/mol. The maximum absolute atomic E-state index is 9.47. The Morgan fingerprint density at radius 3 is 1.67 bits per heavy atom. The SMILES string of the molecule is C[C@@H](N)[C@@H](O)c1ccccc1.Nc1ccccc1. The number of anilines is 1. The molecule has 18 heavy (non-hydrogen) atoms. The van der Waals surface area contributed by atoms with Crippen molar-refractivity contribution in [3.63, 3.8) is 0 Å². The number of para-hydroxylation sites is 1. The lowest BCUT2D eigenvalue weighted by atomic mass is 10.0. The van der Waals surface area contributed by atoms with Gasteiger partial charge in [0.15, 0.2) is 0 Å². The van der Waals surface area contributed by atoms with Crippen molar-refractivity contribution in [1.29, 1.82) is 0 Å². The van der Waals surface area contributed by atoms with Gasteiger partial charge in [-0.1, -0.05) is 48.5 Å². The highest BCUT2D eigenvalue weighted by Gasteiger charge is 2.10. The van der Waals surface area contributed by atoms with Gasteiger partial charge in [-0.15, -0.1) is 0 Å². The number of aliphatic hydroxyl groups is 1. The van der Waals surface area contributed by atoms with Gasteiger partial charge in [-0.2, -0.15) is 0 Å². The minimum absolute atomic E-state index is 0.211. The van der Waals surface area contributed by atoms with Gasteiger partial charge < -0.3 is 16.6 Å². The second-order valence-corrected chi connectivity index (χ2v) is 4.13. The van der Waals surface area contributed by atoms with Crippen LogP contribution in [0.5, 0.6) is 0 Å². The van der Waals surface area contributed by atoms with Crippen molar-refractivity contribution in [3.8, 4) is 0 Å². The number of hydrogen-bond acceptors (Lipinski definition) is 3. The van der Waals surface area contributed by atoms with Crippen LogP contribution in [0.25, 0.3) is 0 Å². The fourth-order valence-corrected chi connectivity index (χ4v) is 1.41. The summed E-state index contributed by atoms with van der Waals surface area (Å²) in [5.74, 6) is 0. The third-order valence-corrected chi connectivity index (χ3v) is 2.44. The van der Waals surface area contributed by atoms with Gasteiger partial charge in [0.1, 0.15) is 0 Å². The van der Waals surface area contributed by atoms with Crippen LogP contribution in [-0.4, -0.2) is 11.1 Å². The molecule has 0 aliphatic carbocycles. The molecule has 0 unspecified atom stereocenters. The summed E-state index contributed by atoms with van der Waals surface area (Å²) in [5.41, 5.74) is 12.6. The molecule has 5 N–H and O–H groups in total. The molecule has 0 bridgehead atoms. The molecule has 0 amide bonds. The molecule has 2 aromatic rings. The van der Waals surface area contributed by atoms with Gasteiger partial charge in [0.05, 0.1) is 6.10 Å². The lowest BCUT2D eigenvalue weighted by molar-refractivity contribution is 0.153. The Morgan fingerprint density at radius 2 is 1.33 bits per heavy atom. The number of benzene rings is 2. The smallest absolute Gasteiger partial charge is 0.0938 e. The minimum atomic E-state index is -0.545. The second kappa shape index (κ2) is 7.48. The molecule has 2 rings (SSSR count). The summed E-state index contributed by atoms with van der Waals surface area (Å²) in [6, 6.07) is 18.7. The van der Waals surface area contributed by atoms with E-state index < -0.39 is 6.10 Å². The average molecular weight is 244 g/mol. The molecule has 96 valence electrons. The first kappa shape index (κ1) is 14.2. The summed E-state index contributed by atoms with van der Waals surface area (Å²) in [5, 5.41) is 9.47. The zero-order chi connectivity index (χ0) is 13.4. The molecule has 3 heteroatoms. The molecule has 0 spiro atoms. The number of aliphatic hydroxyl groups excluding tert-OH is 1. The Bertz CT molecular complexity index is 429. The molecule has 0 radical (unpaired) electrons. The van der Waals surface area contributed by atoms with Crippen molar-refractivity contribution in [2.45, 2.75) is 19.1 Å². The Balaban J connectivity index is 0.000000199. The Morgan fingerprint density at radius 1 is 0.889 bits per heavy atom. The predicted octanol–water partition coefficient (Wildman–Crippen LogP) is 2.34. The predicted molar refractivity (Wildman–Crippen MR) is 75.9 cm³/mol. The molecule has 0 aliphatic rings. The molecule has 0 heterocycles. The largest absolute Gasteiger partial charge is 0.399 e. The van der Waals surface area contributed by atoms with Crippen LogP contribution < -0.4 is 11.5 Å². The van der Waals surface area contributed by atoms with Crippen molar-refractivity contribution in [3.05, 3.63) is 66.2 Å². The van der Waals surface area contributed by atoms with Crippen molar-refractivity contribution in [1.82, 2.24) is 0 Å². The standard InChI is InChI=1S/C9H13NO.C6H7N/c1-7(10)9(11)8-5-3-2-4-6-8;7-6-4-2-1-3-5-6/h2-7,9,11H,10H2,1H3;1-5H,7H2/t7-,9-;/m1./s1. The first-order valence-electron chi connectivity index (χ1n) is 5.90. The number of nitrogen functional groups attached to an aromatic ring is 1. The van der Waals surface area contributed by atoms with E-state index in [1.54, 1.807) is 6.92 Å². The van der Waals surface area contributed by atoms with Gasteiger partial charge in [0.25, 0.3) is 0 Å². The van der Waals surface area contributed by atoms with Crippen molar-refractivity contribution < 1.29 is 5.11 Å². The molecule has 0 aliphatic heterocycles. The first-order chi connectivity index (χ1) is 8.61. The van der Waals surface area contributed by atoms with E-state index in [1.165, 1.54) is 0 Å². The summed E-state index contributed by atoms with van der Waals surface area (Å²) >= 11 is 0. The highest BCUT2D eigenvalue weighted by atomic mass is 16.3. The van der Waals surface area contributed by atoms with Crippen LogP contribution in [0.4, 0.5) is 5.69 Å². The van der Waals surface area contributed by atoms with Gasteiger partial charge >= 0.3 is 0 Å². The van der Waals surface area contributed by atoms with E-state index in [0.29, 0.717) is 0 Å². The summed E-state index contributed by atoms with van der Waals surface area (Å²) in [6.07, 6.45) is -0.545. The lowest BCUT2D eigenvalue weighted by Gasteiger charge is -2.13. The maximum atomic E-state index is 9.47. The topological polar surface area (TPSA) is 72.3 Å². The van der Waals surface area contributed by atoms with E-state index >= 15 is 0 Å². The molecule has 0 fully saturated rings. The van der Waals surface area contributed by atoms with Crippen LogP contribution in [0.15, 0.2) is 60.7 Å². The zero-order valence-electron chi connectivity index (χ0n) is 10.5. The van der Waals surface area contributed by atoms with E-state index in [0.717, 1.165) is 11.3 Å². The van der Waals surface area contributed by atoms with E-state index in [2.05, 4.69) is 0 Å². The van der Waals surface area contributed by atoms with E-state index in [-0.39, 0.29) is 6.04 Å². The third kappa shape index (κ3) is 4.99. The van der Waals surface area contributed by atoms with Gasteiger partial charge in [-0.25, -0.2) is 0 Å². The number of hydrogen-bond donors (Lipinski definition) is 3. The van der Waals surface area contributed by atoms with E-state index in [1.807, 2.05) is 60.7 Å². The number of rotatable bonds is 2. The van der Waals surface area contributed by atoms with Crippen LogP contribution in [0.2, 0.25) is 0 Å². The van der Waals surface area contributed by atoms with E-state index in [4.69, 9.17) is 11.5 Å². The van der Waals surface area contributed by atoms with Crippen LogP contribution in [-0.2, 0) is 0 Å². The summed E-state index contributed by atoms with van der Waals surface area (Å²) < 4.78 is 0. The lowest BCUT2D eigenvalue weighted by Crippen LogP contribution is -2.24. The first-order valence-corrected chi connectivity index (χ1v) is 5.90. The summed E-state index contributed by atoms with van der Waals surface area (Å²) in [6.45, 7) is 1.79. The second-order valence-electron chi connectivity index (χ2n) is 4.13. The van der Waals surface area contributed by atoms with Gasteiger partial charge in [-0.3, -0.25) is 0 Å². The molecule has 0 saturated heterocycles. The van der Waals surface area contributed by atoms with Crippen molar-refractivity contribution in [2.24, 2.45) is 5.73 Å². The molecule has 0 aromatic heterocycles. The normalized spacial score (nSPS) is 13.1. The highest BCUT2D eigenvalue weighted by Crippen LogP contribution is 2.13. The fraction of sp³-hybridized carbons (Fsp3) is 0.200. The fourth-order valence-electron chi connectivity index (χ4n) is 1.41. The van der Waals surface area contributed by atoms with Gasteiger partial charge in [-0.05, 0) is 24.6 Å². The zero-order valence-corrected chi connectivity index (χ0v) is 10.5. The van der Waals surface area contributed by atoms with Crippen LogP contribution >= 0.6 is 0 Å². The molecular formula is C15H20N2O. The third-order valence-electron chi connectivity index (χ3n) is 2.44. The van der Waals surface area contributed by atoms with Crippen molar-refractivity contribution >= 4 is 5.69 Å². The summed E-state index contributed by atoms with van der Waals surface area (Å²) in [7, 11) is 0.